The summed E-state index contributed by atoms with van der Waals surface area (Å²) in [6.45, 7) is 6.23. The lowest BCUT2D eigenvalue weighted by Crippen LogP contribution is -2.57. The van der Waals surface area contributed by atoms with Crippen molar-refractivity contribution in [1.29, 1.82) is 0 Å². The molecule has 4 heterocycles. The molecule has 1 fully saturated rings. The number of aromatic nitrogens is 4. The molecule has 2 unspecified atom stereocenters. The van der Waals surface area contributed by atoms with E-state index in [1.807, 2.05) is 35.2 Å². The van der Waals surface area contributed by atoms with Crippen LogP contribution in [0.4, 0.5) is 10.6 Å². The van der Waals surface area contributed by atoms with Crippen LogP contribution in [0.3, 0.4) is 0 Å². The molecule has 1 saturated heterocycles. The Morgan fingerprint density at radius 2 is 1.94 bits per heavy atom. The summed E-state index contributed by atoms with van der Waals surface area (Å²) >= 11 is 0. The molecule has 1 aliphatic rings. The van der Waals surface area contributed by atoms with Crippen molar-refractivity contribution < 1.29 is 4.79 Å². The highest BCUT2D eigenvalue weighted by Gasteiger charge is 2.30. The molecule has 1 aliphatic heterocycles. The van der Waals surface area contributed by atoms with Gasteiger partial charge in [-0.25, -0.2) is 14.8 Å². The Morgan fingerprint density at radius 3 is 2.68 bits per heavy atom. The van der Waals surface area contributed by atoms with Gasteiger partial charge in [-0.2, -0.15) is 0 Å². The zero-order valence-corrected chi connectivity index (χ0v) is 19.5. The van der Waals surface area contributed by atoms with E-state index in [0.717, 1.165) is 40.1 Å². The number of hydrogen-bond donors (Lipinski definition) is 2. The highest BCUT2D eigenvalue weighted by Crippen LogP contribution is 2.30. The van der Waals surface area contributed by atoms with E-state index < -0.39 is 0 Å². The number of anilines is 1. The fraction of sp³-hybridized carbons (Fsp3) is 0.308. The van der Waals surface area contributed by atoms with Crippen LogP contribution in [0.25, 0.3) is 22.3 Å². The summed E-state index contributed by atoms with van der Waals surface area (Å²) in [6.07, 6.45) is 6.00. The van der Waals surface area contributed by atoms with Gasteiger partial charge in [0.1, 0.15) is 17.8 Å². The van der Waals surface area contributed by atoms with E-state index in [0.29, 0.717) is 19.6 Å². The van der Waals surface area contributed by atoms with Crippen molar-refractivity contribution in [2.24, 2.45) is 0 Å². The molecule has 0 radical (unpaired) electrons. The van der Waals surface area contributed by atoms with Gasteiger partial charge < -0.3 is 20.1 Å². The smallest absolute Gasteiger partial charge is 0.318 e. The largest absolute Gasteiger partial charge is 0.352 e. The molecule has 8 heteroatoms. The van der Waals surface area contributed by atoms with Crippen molar-refractivity contribution in [2.45, 2.75) is 32.4 Å². The first-order valence-corrected chi connectivity index (χ1v) is 11.7. The molecule has 0 saturated carbocycles. The lowest BCUT2D eigenvalue weighted by Gasteiger charge is -2.41. The van der Waals surface area contributed by atoms with Gasteiger partial charge in [0.05, 0.1) is 11.4 Å². The monoisotopic (exact) mass is 455 g/mol. The Bertz CT molecular complexity index is 1260. The van der Waals surface area contributed by atoms with E-state index in [9.17, 15) is 4.79 Å². The fourth-order valence-electron chi connectivity index (χ4n) is 4.66. The van der Waals surface area contributed by atoms with E-state index >= 15 is 0 Å². The SMILES string of the molecule is CCC(NC(=O)N1CCN(c2ncnc3[nH]c(-c4ccncc4)cc23)CC1C)c1ccccc1. The van der Waals surface area contributed by atoms with E-state index in [2.05, 4.69) is 62.2 Å². The molecule has 0 spiro atoms. The summed E-state index contributed by atoms with van der Waals surface area (Å²) in [6, 6.07) is 16.2. The van der Waals surface area contributed by atoms with Crippen molar-refractivity contribution >= 4 is 22.9 Å². The number of nitrogens with zero attached hydrogens (tertiary/aromatic N) is 5. The third kappa shape index (κ3) is 4.31. The molecule has 174 valence electrons. The van der Waals surface area contributed by atoms with Gasteiger partial charge >= 0.3 is 6.03 Å². The minimum Gasteiger partial charge on any atom is -0.352 e. The number of hydrogen-bond acceptors (Lipinski definition) is 5. The van der Waals surface area contributed by atoms with E-state index in [1.54, 1.807) is 18.7 Å². The molecule has 34 heavy (non-hydrogen) atoms. The second-order valence-electron chi connectivity index (χ2n) is 8.69. The van der Waals surface area contributed by atoms with Gasteiger partial charge in [0, 0.05) is 49.3 Å². The predicted molar refractivity (Wildman–Crippen MR) is 134 cm³/mol. The van der Waals surface area contributed by atoms with Crippen molar-refractivity contribution in [3.63, 3.8) is 0 Å². The number of carbonyl (C=O) groups is 1. The lowest BCUT2D eigenvalue weighted by molar-refractivity contribution is 0.167. The van der Waals surface area contributed by atoms with Crippen LogP contribution in [0.1, 0.15) is 31.9 Å². The molecule has 3 aromatic heterocycles. The fourth-order valence-corrected chi connectivity index (χ4v) is 4.66. The maximum absolute atomic E-state index is 13.1. The summed E-state index contributed by atoms with van der Waals surface area (Å²) in [4.78, 5) is 33.8. The van der Waals surface area contributed by atoms with E-state index in [-0.39, 0.29) is 18.1 Å². The van der Waals surface area contributed by atoms with Gasteiger partial charge in [-0.1, -0.05) is 37.3 Å². The predicted octanol–water partition coefficient (Wildman–Crippen LogP) is 4.39. The van der Waals surface area contributed by atoms with Gasteiger partial charge in [0.2, 0.25) is 0 Å². The molecule has 4 aromatic rings. The molecule has 1 aromatic carbocycles. The molecule has 8 nitrogen and oxygen atoms in total. The second-order valence-corrected chi connectivity index (χ2v) is 8.69. The molecule has 5 rings (SSSR count). The van der Waals surface area contributed by atoms with Crippen molar-refractivity contribution in [3.05, 3.63) is 72.8 Å². The molecule has 2 atom stereocenters. The minimum atomic E-state index is -0.0164. The molecule has 0 aliphatic carbocycles. The summed E-state index contributed by atoms with van der Waals surface area (Å²) in [5.74, 6) is 0.893. The van der Waals surface area contributed by atoms with Crippen molar-refractivity contribution in [1.82, 2.24) is 30.2 Å². The number of rotatable bonds is 5. The van der Waals surface area contributed by atoms with Crippen LogP contribution in [0.2, 0.25) is 0 Å². The average molecular weight is 456 g/mol. The van der Waals surface area contributed by atoms with Crippen LogP contribution < -0.4 is 10.2 Å². The number of piperazine rings is 1. The number of fused-ring (bicyclic) bond motifs is 1. The number of aromatic amines is 1. The molecular formula is C26H29N7O. The summed E-state index contributed by atoms with van der Waals surface area (Å²) < 4.78 is 0. The zero-order valence-electron chi connectivity index (χ0n) is 19.5. The summed E-state index contributed by atoms with van der Waals surface area (Å²) in [7, 11) is 0. The zero-order chi connectivity index (χ0) is 23.5. The Kier molecular flexibility index (Phi) is 6.12. The first-order valence-electron chi connectivity index (χ1n) is 11.7. The summed E-state index contributed by atoms with van der Waals surface area (Å²) in [5.41, 5.74) is 3.97. The molecule has 2 amide bonds. The lowest BCUT2D eigenvalue weighted by atomic mass is 10.0. The van der Waals surface area contributed by atoms with E-state index in [4.69, 9.17) is 0 Å². The van der Waals surface area contributed by atoms with Gasteiger partial charge in [0.15, 0.2) is 0 Å². The highest BCUT2D eigenvalue weighted by atomic mass is 16.2. The van der Waals surface area contributed by atoms with E-state index in [1.165, 1.54) is 0 Å². The van der Waals surface area contributed by atoms with Crippen molar-refractivity contribution in [2.75, 3.05) is 24.5 Å². The average Bonchev–Trinajstić information content (AvgIpc) is 3.33. The van der Waals surface area contributed by atoms with Crippen LogP contribution >= 0.6 is 0 Å². The van der Waals surface area contributed by atoms with Crippen LogP contribution in [0.15, 0.2) is 67.3 Å². The molecular weight excluding hydrogens is 426 g/mol. The minimum absolute atomic E-state index is 0.00637. The van der Waals surface area contributed by atoms with Crippen LogP contribution in [-0.2, 0) is 0 Å². The number of urea groups is 1. The van der Waals surface area contributed by atoms with Crippen LogP contribution in [-0.4, -0.2) is 56.5 Å². The van der Waals surface area contributed by atoms with Crippen molar-refractivity contribution in [3.8, 4) is 11.3 Å². The van der Waals surface area contributed by atoms with Crippen LogP contribution in [0.5, 0.6) is 0 Å². The number of benzene rings is 1. The maximum Gasteiger partial charge on any atom is 0.318 e. The first-order chi connectivity index (χ1) is 16.6. The van der Waals surface area contributed by atoms with Gasteiger partial charge in [-0.15, -0.1) is 0 Å². The first kappa shape index (κ1) is 21.9. The second kappa shape index (κ2) is 9.51. The standard InChI is InChI=1S/C26H29N7O/c1-3-22(19-7-5-4-6-8-19)31-26(34)33-14-13-32(16-18(33)2)25-21-15-23(20-9-11-27-12-10-20)30-24(21)28-17-29-25/h4-12,15,17-18,22H,3,13-14,16H2,1-2H3,(H,31,34)(H,28,29,30). The Morgan fingerprint density at radius 1 is 1.15 bits per heavy atom. The quantitative estimate of drug-likeness (QED) is 0.466. The van der Waals surface area contributed by atoms with Gasteiger partial charge in [0.25, 0.3) is 0 Å². The van der Waals surface area contributed by atoms with Gasteiger partial charge in [-0.05, 0) is 37.1 Å². The Balaban J connectivity index is 1.31. The molecule has 0 bridgehead atoms. The number of carbonyl (C=O) groups excluding carboxylic acids is 1. The molecule has 2 N–H and O–H groups in total. The topological polar surface area (TPSA) is 90.0 Å². The highest BCUT2D eigenvalue weighted by molar-refractivity contribution is 5.92. The van der Waals surface area contributed by atoms with Gasteiger partial charge in [-0.3, -0.25) is 4.98 Å². The van der Waals surface area contributed by atoms with Crippen LogP contribution in [0, 0.1) is 0 Å². The number of amides is 2. The number of H-pyrrole nitrogens is 1. The Labute approximate surface area is 199 Å². The Hall–Kier alpha value is -3.94. The number of pyridine rings is 1. The maximum atomic E-state index is 13.1. The summed E-state index contributed by atoms with van der Waals surface area (Å²) in [5, 5.41) is 4.20. The third-order valence-electron chi connectivity index (χ3n) is 6.49. The normalized spacial score (nSPS) is 17.1. The number of nitrogens with one attached hydrogen (secondary N) is 2. The third-order valence-corrected chi connectivity index (χ3v) is 6.49.